The van der Waals surface area contributed by atoms with E-state index in [-0.39, 0.29) is 12.2 Å². The monoisotopic (exact) mass is 448 g/mol. The van der Waals surface area contributed by atoms with Crippen molar-refractivity contribution in [3.8, 4) is 5.69 Å². The van der Waals surface area contributed by atoms with Gasteiger partial charge >= 0.3 is 6.18 Å². The molecule has 0 saturated carbocycles. The highest BCUT2D eigenvalue weighted by Gasteiger charge is 2.42. The fourth-order valence-corrected chi connectivity index (χ4v) is 3.57. The van der Waals surface area contributed by atoms with Gasteiger partial charge in [-0.25, -0.2) is 9.07 Å². The fraction of sp³-hybridized carbons (Fsp3) is 0.133. The summed E-state index contributed by atoms with van der Waals surface area (Å²) >= 11 is 4.58. The van der Waals surface area contributed by atoms with Crippen LogP contribution in [0.2, 0.25) is 0 Å². The topological polar surface area (TPSA) is 59.8 Å². The van der Waals surface area contributed by atoms with Crippen LogP contribution in [0.25, 0.3) is 5.69 Å². The number of benzene rings is 1. The highest BCUT2D eigenvalue weighted by molar-refractivity contribution is 9.10. The van der Waals surface area contributed by atoms with Crippen LogP contribution in [0.4, 0.5) is 17.6 Å². The van der Waals surface area contributed by atoms with E-state index in [9.17, 15) is 22.4 Å². The first kappa shape index (κ1) is 18.5. The second-order valence-electron chi connectivity index (χ2n) is 5.09. The lowest BCUT2D eigenvalue weighted by Crippen LogP contribution is -2.26. The summed E-state index contributed by atoms with van der Waals surface area (Å²) in [5.74, 6) is -1.76. The number of rotatable bonds is 4. The molecule has 0 atom stereocenters. The number of nitrogens with one attached hydrogen (secondary N) is 1. The van der Waals surface area contributed by atoms with Crippen molar-refractivity contribution in [3.05, 3.63) is 62.3 Å². The average Bonchev–Trinajstić information content (AvgIpc) is 3.18. The molecule has 0 bridgehead atoms. The minimum Gasteiger partial charge on any atom is -0.346 e. The summed E-state index contributed by atoms with van der Waals surface area (Å²) in [5.41, 5.74) is -2.43. The number of hydrogen-bond donors (Lipinski definition) is 1. The van der Waals surface area contributed by atoms with Crippen LogP contribution in [0.15, 0.2) is 40.2 Å². The summed E-state index contributed by atoms with van der Waals surface area (Å²) in [5, 5.41) is 10.9. The van der Waals surface area contributed by atoms with Crippen molar-refractivity contribution < 1.29 is 22.4 Å². The number of halogens is 5. The Balaban J connectivity index is 1.93. The van der Waals surface area contributed by atoms with Gasteiger partial charge in [0.2, 0.25) is 0 Å². The Kier molecular flexibility index (Phi) is 5.10. The lowest BCUT2D eigenvalue weighted by molar-refractivity contribution is -0.143. The van der Waals surface area contributed by atoms with Crippen LogP contribution in [0, 0.1) is 5.82 Å². The largest absolute Gasteiger partial charge is 0.435 e. The molecular weight excluding hydrogens is 440 g/mol. The van der Waals surface area contributed by atoms with Crippen LogP contribution in [0.1, 0.15) is 21.1 Å². The standard InChI is InChI=1S/C15H9BrF4N4OS/c16-8-4-11(26-7-8)6-21-14(25)12-13(15(18,19)20)24(23-22-12)10-3-1-2-9(17)5-10/h1-5,7H,6H2,(H,21,25). The van der Waals surface area contributed by atoms with E-state index in [0.717, 1.165) is 21.5 Å². The van der Waals surface area contributed by atoms with Gasteiger partial charge in [0.15, 0.2) is 11.4 Å². The summed E-state index contributed by atoms with van der Waals surface area (Å²) in [6.45, 7) is 0.0409. The van der Waals surface area contributed by atoms with Crippen molar-refractivity contribution in [1.82, 2.24) is 20.3 Å². The molecule has 136 valence electrons. The molecule has 0 aliphatic carbocycles. The zero-order valence-electron chi connectivity index (χ0n) is 12.7. The molecule has 2 heterocycles. The number of amides is 1. The van der Waals surface area contributed by atoms with Gasteiger partial charge in [-0.15, -0.1) is 16.4 Å². The van der Waals surface area contributed by atoms with Gasteiger partial charge in [0.1, 0.15) is 5.82 Å². The Morgan fingerprint density at radius 1 is 1.31 bits per heavy atom. The highest BCUT2D eigenvalue weighted by atomic mass is 79.9. The molecule has 0 unspecified atom stereocenters. The third-order valence-corrected chi connectivity index (χ3v) is 4.95. The lowest BCUT2D eigenvalue weighted by Gasteiger charge is -2.11. The second-order valence-corrected chi connectivity index (χ2v) is 7.00. The maximum atomic E-state index is 13.5. The van der Waals surface area contributed by atoms with Crippen molar-refractivity contribution in [1.29, 1.82) is 0 Å². The summed E-state index contributed by atoms with van der Waals surface area (Å²) in [6.07, 6.45) is -4.91. The van der Waals surface area contributed by atoms with E-state index in [0.29, 0.717) is 4.68 Å². The summed E-state index contributed by atoms with van der Waals surface area (Å²) < 4.78 is 55.0. The quantitative estimate of drug-likeness (QED) is 0.609. The van der Waals surface area contributed by atoms with Crippen LogP contribution in [-0.2, 0) is 12.7 Å². The number of hydrogen-bond acceptors (Lipinski definition) is 4. The van der Waals surface area contributed by atoms with Crippen LogP contribution < -0.4 is 5.32 Å². The molecule has 0 aliphatic heterocycles. The highest BCUT2D eigenvalue weighted by Crippen LogP contribution is 2.33. The van der Waals surface area contributed by atoms with E-state index >= 15 is 0 Å². The van der Waals surface area contributed by atoms with Crippen LogP contribution >= 0.6 is 27.3 Å². The number of thiophene rings is 1. The second kappa shape index (κ2) is 7.16. The minimum atomic E-state index is -4.91. The molecule has 5 nitrogen and oxygen atoms in total. The zero-order valence-corrected chi connectivity index (χ0v) is 15.1. The summed E-state index contributed by atoms with van der Waals surface area (Å²) in [7, 11) is 0. The summed E-state index contributed by atoms with van der Waals surface area (Å²) in [4.78, 5) is 12.9. The number of carbonyl (C=O) groups is 1. The Hall–Kier alpha value is -2.27. The molecule has 0 saturated heterocycles. The molecule has 2 aromatic heterocycles. The normalized spacial score (nSPS) is 11.6. The maximum Gasteiger partial charge on any atom is 0.435 e. The predicted molar refractivity (Wildman–Crippen MR) is 89.5 cm³/mol. The molecular formula is C15H9BrF4N4OS. The van der Waals surface area contributed by atoms with E-state index < -0.39 is 29.3 Å². The molecule has 26 heavy (non-hydrogen) atoms. The van der Waals surface area contributed by atoms with Gasteiger partial charge in [-0.1, -0.05) is 11.3 Å². The van der Waals surface area contributed by atoms with E-state index in [1.54, 1.807) is 11.4 Å². The molecule has 3 aromatic rings. The molecule has 1 amide bonds. The fourth-order valence-electron chi connectivity index (χ4n) is 2.18. The molecule has 3 rings (SSSR count). The van der Waals surface area contributed by atoms with Crippen molar-refractivity contribution in [2.75, 3.05) is 0 Å². The van der Waals surface area contributed by atoms with Crippen molar-refractivity contribution >= 4 is 33.2 Å². The van der Waals surface area contributed by atoms with Crippen molar-refractivity contribution in [3.63, 3.8) is 0 Å². The number of aromatic nitrogens is 3. The summed E-state index contributed by atoms with van der Waals surface area (Å²) in [6, 6.07) is 6.16. The maximum absolute atomic E-state index is 13.5. The van der Waals surface area contributed by atoms with Gasteiger partial charge in [-0.05, 0) is 40.2 Å². The van der Waals surface area contributed by atoms with E-state index in [2.05, 4.69) is 31.6 Å². The first-order valence-corrected chi connectivity index (χ1v) is 8.73. The molecule has 0 spiro atoms. The smallest absolute Gasteiger partial charge is 0.346 e. The minimum absolute atomic E-state index is 0.0409. The van der Waals surface area contributed by atoms with Crippen molar-refractivity contribution in [2.45, 2.75) is 12.7 Å². The van der Waals surface area contributed by atoms with Gasteiger partial charge in [0, 0.05) is 14.7 Å². The third-order valence-electron chi connectivity index (χ3n) is 3.25. The number of alkyl halides is 3. The van der Waals surface area contributed by atoms with E-state index in [1.807, 2.05) is 0 Å². The van der Waals surface area contributed by atoms with Crippen LogP contribution in [-0.4, -0.2) is 20.9 Å². The van der Waals surface area contributed by atoms with E-state index in [4.69, 9.17) is 0 Å². The predicted octanol–water partition coefficient (Wildman–Crippen LogP) is 4.18. The molecule has 11 heteroatoms. The van der Waals surface area contributed by atoms with Crippen LogP contribution in [0.5, 0.6) is 0 Å². The first-order chi connectivity index (χ1) is 12.3. The van der Waals surface area contributed by atoms with Crippen LogP contribution in [0.3, 0.4) is 0 Å². The van der Waals surface area contributed by atoms with Gasteiger partial charge in [0.25, 0.3) is 5.91 Å². The Bertz CT molecular complexity index is 953. The third kappa shape index (κ3) is 3.93. The Morgan fingerprint density at radius 3 is 2.69 bits per heavy atom. The van der Waals surface area contributed by atoms with Gasteiger partial charge in [-0.3, -0.25) is 4.79 Å². The molecule has 0 radical (unpaired) electrons. The number of nitrogens with zero attached hydrogens (tertiary/aromatic N) is 3. The van der Waals surface area contributed by atoms with Gasteiger partial charge in [-0.2, -0.15) is 13.2 Å². The first-order valence-electron chi connectivity index (χ1n) is 7.05. The Labute approximate surface area is 156 Å². The van der Waals surface area contributed by atoms with Gasteiger partial charge in [0.05, 0.1) is 12.2 Å². The SMILES string of the molecule is O=C(NCc1cc(Br)cs1)c1nnn(-c2cccc(F)c2)c1C(F)(F)F. The van der Waals surface area contributed by atoms with E-state index in [1.165, 1.54) is 23.5 Å². The average molecular weight is 449 g/mol. The zero-order chi connectivity index (χ0) is 18.9. The molecule has 0 fully saturated rings. The van der Waals surface area contributed by atoms with Gasteiger partial charge < -0.3 is 5.32 Å². The van der Waals surface area contributed by atoms with Crippen molar-refractivity contribution in [2.24, 2.45) is 0 Å². The molecule has 1 aromatic carbocycles. The lowest BCUT2D eigenvalue weighted by atomic mass is 10.2. The Morgan fingerprint density at radius 2 is 2.08 bits per heavy atom. The molecule has 1 N–H and O–H groups in total. The molecule has 0 aliphatic rings. The number of carbonyl (C=O) groups excluding carboxylic acids is 1.